The summed E-state index contributed by atoms with van der Waals surface area (Å²) in [5, 5.41) is 5.22. The van der Waals surface area contributed by atoms with Gasteiger partial charge in [-0.15, -0.1) is 0 Å². The normalized spacial score (nSPS) is 13.0. The van der Waals surface area contributed by atoms with Crippen LogP contribution in [0.2, 0.25) is 0 Å². The van der Waals surface area contributed by atoms with Gasteiger partial charge in [0.25, 0.3) is 0 Å². The quantitative estimate of drug-likeness (QED) is 0.311. The van der Waals surface area contributed by atoms with Gasteiger partial charge in [-0.3, -0.25) is 4.79 Å². The molecule has 3 aromatic carbocycles. The molecule has 1 unspecified atom stereocenters. The lowest BCUT2D eigenvalue weighted by Gasteiger charge is -2.26. The number of esters is 1. The van der Waals surface area contributed by atoms with Gasteiger partial charge < -0.3 is 4.74 Å². The third-order valence-corrected chi connectivity index (χ3v) is 5.90. The SMILES string of the molecule is CC(=O)OCCC(C)CCCC(C)(C)c1ccc2cc3ccccc3cc2c1. The number of fused-ring (bicyclic) bond motifs is 2. The Morgan fingerprint density at radius 3 is 2.25 bits per heavy atom. The zero-order valence-electron chi connectivity index (χ0n) is 17.6. The minimum atomic E-state index is -0.183. The zero-order valence-corrected chi connectivity index (χ0v) is 17.6. The molecule has 0 saturated carbocycles. The molecule has 0 aromatic heterocycles. The molecular formula is C26H32O2. The third-order valence-electron chi connectivity index (χ3n) is 5.90. The lowest BCUT2D eigenvalue weighted by atomic mass is 9.78. The van der Waals surface area contributed by atoms with Gasteiger partial charge in [0.1, 0.15) is 0 Å². The van der Waals surface area contributed by atoms with E-state index in [-0.39, 0.29) is 11.4 Å². The van der Waals surface area contributed by atoms with E-state index < -0.39 is 0 Å². The van der Waals surface area contributed by atoms with Crippen LogP contribution in [0, 0.1) is 5.92 Å². The molecule has 0 aliphatic rings. The lowest BCUT2D eigenvalue weighted by Crippen LogP contribution is -2.17. The van der Waals surface area contributed by atoms with E-state index in [1.807, 2.05) is 0 Å². The summed E-state index contributed by atoms with van der Waals surface area (Å²) in [6.45, 7) is 8.95. The van der Waals surface area contributed by atoms with E-state index in [1.165, 1.54) is 46.9 Å². The Labute approximate surface area is 168 Å². The van der Waals surface area contributed by atoms with Gasteiger partial charge in [0.05, 0.1) is 6.61 Å². The van der Waals surface area contributed by atoms with Crippen LogP contribution in [0.3, 0.4) is 0 Å². The van der Waals surface area contributed by atoms with Crippen LogP contribution in [-0.2, 0) is 14.9 Å². The number of carbonyl (C=O) groups is 1. The van der Waals surface area contributed by atoms with Gasteiger partial charge in [-0.2, -0.15) is 0 Å². The Kier molecular flexibility index (Phi) is 6.39. The Balaban J connectivity index is 1.64. The molecule has 2 nitrogen and oxygen atoms in total. The van der Waals surface area contributed by atoms with Crippen molar-refractivity contribution in [3.8, 4) is 0 Å². The Bertz CT molecular complexity index is 955. The van der Waals surface area contributed by atoms with Gasteiger partial charge in [0.15, 0.2) is 0 Å². The highest BCUT2D eigenvalue weighted by atomic mass is 16.5. The first-order valence-electron chi connectivity index (χ1n) is 10.4. The van der Waals surface area contributed by atoms with Crippen molar-refractivity contribution in [3.05, 3.63) is 60.2 Å². The summed E-state index contributed by atoms with van der Waals surface area (Å²) in [4.78, 5) is 10.9. The maximum absolute atomic E-state index is 10.9. The number of rotatable bonds is 8. The fourth-order valence-corrected chi connectivity index (χ4v) is 3.95. The Morgan fingerprint density at radius 1 is 0.929 bits per heavy atom. The van der Waals surface area contributed by atoms with E-state index in [4.69, 9.17) is 4.74 Å². The molecule has 0 spiro atoms. The number of ether oxygens (including phenoxy) is 1. The van der Waals surface area contributed by atoms with Crippen molar-refractivity contribution in [1.82, 2.24) is 0 Å². The van der Waals surface area contributed by atoms with Crippen LogP contribution in [0.1, 0.15) is 58.9 Å². The van der Waals surface area contributed by atoms with Crippen molar-refractivity contribution >= 4 is 27.5 Å². The molecule has 28 heavy (non-hydrogen) atoms. The van der Waals surface area contributed by atoms with Crippen LogP contribution in [0.25, 0.3) is 21.5 Å². The van der Waals surface area contributed by atoms with Gasteiger partial charge in [0.2, 0.25) is 0 Å². The van der Waals surface area contributed by atoms with E-state index in [2.05, 4.69) is 75.4 Å². The predicted molar refractivity (Wildman–Crippen MR) is 119 cm³/mol. The average molecular weight is 377 g/mol. The molecule has 2 heteroatoms. The predicted octanol–water partition coefficient (Wildman–Crippen LogP) is 7.03. The van der Waals surface area contributed by atoms with E-state index in [9.17, 15) is 4.79 Å². The zero-order chi connectivity index (χ0) is 20.1. The van der Waals surface area contributed by atoms with Crippen molar-refractivity contribution in [3.63, 3.8) is 0 Å². The highest BCUT2D eigenvalue weighted by Crippen LogP contribution is 2.33. The topological polar surface area (TPSA) is 26.3 Å². The Hall–Kier alpha value is -2.35. The number of carbonyl (C=O) groups excluding carboxylic acids is 1. The molecule has 0 fully saturated rings. The van der Waals surface area contributed by atoms with Crippen molar-refractivity contribution in [2.75, 3.05) is 6.61 Å². The standard InChI is InChI=1S/C26H32O2/c1-19(13-15-28-20(2)27)8-7-14-26(3,4)25-12-11-23-16-21-9-5-6-10-22(21)17-24(23)18-25/h5-6,9-12,16-19H,7-8,13-15H2,1-4H3. The summed E-state index contributed by atoms with van der Waals surface area (Å²) < 4.78 is 5.06. The van der Waals surface area contributed by atoms with Crippen molar-refractivity contribution in [1.29, 1.82) is 0 Å². The fourth-order valence-electron chi connectivity index (χ4n) is 3.95. The summed E-state index contributed by atoms with van der Waals surface area (Å²) in [5.41, 5.74) is 1.55. The first-order valence-corrected chi connectivity index (χ1v) is 10.4. The molecule has 3 aromatic rings. The second kappa shape index (κ2) is 8.77. The summed E-state index contributed by atoms with van der Waals surface area (Å²) in [6.07, 6.45) is 4.46. The third kappa shape index (κ3) is 5.13. The molecule has 0 amide bonds. The second-order valence-corrected chi connectivity index (χ2v) is 8.77. The number of benzene rings is 3. The molecule has 0 bridgehead atoms. The van der Waals surface area contributed by atoms with Crippen molar-refractivity contribution in [2.45, 2.75) is 58.8 Å². The molecule has 0 radical (unpaired) electrons. The van der Waals surface area contributed by atoms with Crippen molar-refractivity contribution in [2.24, 2.45) is 5.92 Å². The molecule has 0 N–H and O–H groups in total. The van der Waals surface area contributed by atoms with Gasteiger partial charge >= 0.3 is 5.97 Å². The summed E-state index contributed by atoms with van der Waals surface area (Å²) in [5.74, 6) is 0.399. The maximum Gasteiger partial charge on any atom is 0.302 e. The smallest absolute Gasteiger partial charge is 0.302 e. The average Bonchev–Trinajstić information content (AvgIpc) is 2.65. The summed E-state index contributed by atoms with van der Waals surface area (Å²) in [7, 11) is 0. The van der Waals surface area contributed by atoms with Crippen LogP contribution in [0.5, 0.6) is 0 Å². The lowest BCUT2D eigenvalue weighted by molar-refractivity contribution is -0.141. The fraction of sp³-hybridized carbons (Fsp3) is 0.423. The number of hydrogen-bond acceptors (Lipinski definition) is 2. The van der Waals surface area contributed by atoms with Gasteiger partial charge in [-0.05, 0) is 63.4 Å². The van der Waals surface area contributed by atoms with Gasteiger partial charge in [-0.1, -0.05) is 76.1 Å². The second-order valence-electron chi connectivity index (χ2n) is 8.77. The minimum Gasteiger partial charge on any atom is -0.466 e. The maximum atomic E-state index is 10.9. The summed E-state index contributed by atoms with van der Waals surface area (Å²) >= 11 is 0. The van der Waals surface area contributed by atoms with Gasteiger partial charge in [0, 0.05) is 6.92 Å². The summed E-state index contributed by atoms with van der Waals surface area (Å²) in [6, 6.07) is 20.1. The molecule has 0 aliphatic carbocycles. The monoisotopic (exact) mass is 376 g/mol. The molecule has 0 heterocycles. The van der Waals surface area contributed by atoms with Crippen LogP contribution < -0.4 is 0 Å². The van der Waals surface area contributed by atoms with Gasteiger partial charge in [-0.25, -0.2) is 0 Å². The highest BCUT2D eigenvalue weighted by molar-refractivity contribution is 5.98. The van der Waals surface area contributed by atoms with Crippen LogP contribution in [0.15, 0.2) is 54.6 Å². The van der Waals surface area contributed by atoms with E-state index >= 15 is 0 Å². The van der Waals surface area contributed by atoms with E-state index in [0.29, 0.717) is 12.5 Å². The molecule has 1 atom stereocenters. The van der Waals surface area contributed by atoms with Crippen LogP contribution >= 0.6 is 0 Å². The highest BCUT2D eigenvalue weighted by Gasteiger charge is 2.21. The molecule has 0 aliphatic heterocycles. The molecule has 148 valence electrons. The molecule has 0 saturated heterocycles. The molecular weight excluding hydrogens is 344 g/mol. The van der Waals surface area contributed by atoms with Crippen molar-refractivity contribution < 1.29 is 9.53 Å². The first-order chi connectivity index (χ1) is 13.3. The first kappa shape index (κ1) is 20.4. The van der Waals surface area contributed by atoms with E-state index in [0.717, 1.165) is 12.8 Å². The molecule has 3 rings (SSSR count). The minimum absolute atomic E-state index is 0.148. The number of hydrogen-bond donors (Lipinski definition) is 0. The van der Waals surface area contributed by atoms with E-state index in [1.54, 1.807) is 0 Å². The van der Waals surface area contributed by atoms with Crippen LogP contribution in [0.4, 0.5) is 0 Å². The Morgan fingerprint density at radius 2 is 1.57 bits per heavy atom. The van der Waals surface area contributed by atoms with Crippen LogP contribution in [-0.4, -0.2) is 12.6 Å². The largest absolute Gasteiger partial charge is 0.466 e.